The number of nitrogens with zero attached hydrogens (tertiary/aromatic N) is 6. The van der Waals surface area contributed by atoms with E-state index >= 15 is 0 Å². The zero-order valence-corrected chi connectivity index (χ0v) is 15.2. The van der Waals surface area contributed by atoms with Crippen LogP contribution in [0.2, 0.25) is 0 Å². The Morgan fingerprint density at radius 3 is 2.93 bits per heavy atom. The number of nitrogens with one attached hydrogen (secondary N) is 1. The molecule has 1 N–H and O–H groups in total. The third-order valence-corrected chi connectivity index (χ3v) is 4.47. The molecule has 1 aliphatic rings. The van der Waals surface area contributed by atoms with Crippen LogP contribution in [0.1, 0.15) is 33.6 Å². The van der Waals surface area contributed by atoms with Crippen molar-refractivity contribution in [1.82, 2.24) is 20.2 Å². The van der Waals surface area contributed by atoms with Gasteiger partial charge in [0.2, 0.25) is 0 Å². The molecule has 0 bridgehead atoms. The monoisotopic (exact) mass is 379 g/mol. The van der Waals surface area contributed by atoms with Crippen LogP contribution in [-0.2, 0) is 12.9 Å². The van der Waals surface area contributed by atoms with E-state index in [0.717, 1.165) is 11.1 Å². The SMILES string of the molecule is [2H]C1([2H])Cc2ncc(Nc3ccncc3F)cc2C([2H])([2H])N1c1nnc(C#N)c(C)c1C. The largest absolute Gasteiger partial charge is 0.352 e. The second-order valence-corrected chi connectivity index (χ2v) is 6.21. The Bertz CT molecular complexity index is 1260. The fourth-order valence-electron chi connectivity index (χ4n) is 2.78. The molecule has 1 aliphatic heterocycles. The van der Waals surface area contributed by atoms with Crippen LogP contribution < -0.4 is 10.2 Å². The molecule has 0 aliphatic carbocycles. The van der Waals surface area contributed by atoms with Crippen LogP contribution in [0.4, 0.5) is 21.6 Å². The van der Waals surface area contributed by atoms with E-state index in [4.69, 9.17) is 5.48 Å². The molecule has 3 aromatic rings. The van der Waals surface area contributed by atoms with Gasteiger partial charge in [0.25, 0.3) is 0 Å². The smallest absolute Gasteiger partial charge is 0.166 e. The van der Waals surface area contributed by atoms with Crippen molar-refractivity contribution in [3.05, 3.63) is 64.6 Å². The zero-order valence-electron chi connectivity index (χ0n) is 19.2. The van der Waals surface area contributed by atoms with Crippen LogP contribution in [0.15, 0.2) is 30.7 Å². The number of rotatable bonds is 3. The summed E-state index contributed by atoms with van der Waals surface area (Å²) in [7, 11) is 0. The first-order valence-corrected chi connectivity index (χ1v) is 8.46. The molecule has 0 saturated heterocycles. The number of aromatic nitrogens is 4. The standard InChI is InChI=1S/C20H18FN7/c1-12-13(2)20(27-26-19(12)8-22)28-6-4-17-14(11-28)7-15(9-24-17)25-18-3-5-23-10-16(18)21/h3,5,7,9-10H,4,6,11H2,1-2H3,(H,23,25)/i6D2,11D2. The molecule has 0 radical (unpaired) electrons. The quantitative estimate of drug-likeness (QED) is 0.747. The van der Waals surface area contributed by atoms with E-state index in [2.05, 4.69) is 25.5 Å². The first-order chi connectivity index (χ1) is 15.1. The molecule has 28 heavy (non-hydrogen) atoms. The van der Waals surface area contributed by atoms with Crippen LogP contribution in [0.3, 0.4) is 0 Å². The van der Waals surface area contributed by atoms with Gasteiger partial charge in [0.15, 0.2) is 17.3 Å². The number of hydrogen-bond acceptors (Lipinski definition) is 7. The van der Waals surface area contributed by atoms with Crippen LogP contribution in [0.25, 0.3) is 0 Å². The molecule has 4 heterocycles. The van der Waals surface area contributed by atoms with Gasteiger partial charge in [0.1, 0.15) is 6.07 Å². The molecule has 0 aromatic carbocycles. The summed E-state index contributed by atoms with van der Waals surface area (Å²) in [6.45, 7) is -1.24. The Morgan fingerprint density at radius 1 is 1.29 bits per heavy atom. The highest BCUT2D eigenvalue weighted by Crippen LogP contribution is 2.28. The minimum absolute atomic E-state index is 0.000639. The lowest BCUT2D eigenvalue weighted by Gasteiger charge is -2.30. The summed E-state index contributed by atoms with van der Waals surface area (Å²) >= 11 is 0. The Morgan fingerprint density at radius 2 is 2.14 bits per heavy atom. The van der Waals surface area contributed by atoms with E-state index in [0.29, 0.717) is 16.8 Å². The van der Waals surface area contributed by atoms with E-state index in [1.54, 1.807) is 13.8 Å². The van der Waals surface area contributed by atoms with Gasteiger partial charge in [-0.25, -0.2) is 4.39 Å². The maximum atomic E-state index is 14.0. The molecule has 0 unspecified atom stereocenters. The summed E-state index contributed by atoms with van der Waals surface area (Å²) in [5.41, 5.74) is 1.89. The predicted octanol–water partition coefficient (Wildman–Crippen LogP) is 3.20. The summed E-state index contributed by atoms with van der Waals surface area (Å²) in [6, 6.07) is 4.84. The molecule has 0 fully saturated rings. The second-order valence-electron chi connectivity index (χ2n) is 6.21. The van der Waals surface area contributed by atoms with Gasteiger partial charge >= 0.3 is 0 Å². The number of pyridine rings is 2. The van der Waals surface area contributed by atoms with Crippen LogP contribution in [0, 0.1) is 31.0 Å². The summed E-state index contributed by atoms with van der Waals surface area (Å²) in [5.74, 6) is -0.578. The zero-order chi connectivity index (χ0) is 23.3. The van der Waals surface area contributed by atoms with Crippen LogP contribution in [0.5, 0.6) is 0 Å². The van der Waals surface area contributed by atoms with Crippen molar-refractivity contribution in [2.24, 2.45) is 0 Å². The maximum absolute atomic E-state index is 14.0. The number of halogens is 1. The lowest BCUT2D eigenvalue weighted by molar-refractivity contribution is 0.625. The van der Waals surface area contributed by atoms with E-state index in [-0.39, 0.29) is 34.9 Å². The Balaban J connectivity index is 1.82. The predicted molar refractivity (Wildman–Crippen MR) is 103 cm³/mol. The summed E-state index contributed by atoms with van der Waals surface area (Å²) in [6.07, 6.45) is 3.67. The van der Waals surface area contributed by atoms with Crippen molar-refractivity contribution in [2.75, 3.05) is 16.7 Å². The highest BCUT2D eigenvalue weighted by molar-refractivity contribution is 5.61. The molecule has 0 atom stereocenters. The second kappa shape index (κ2) is 7.19. The van der Waals surface area contributed by atoms with E-state index < -0.39 is 18.8 Å². The summed E-state index contributed by atoms with van der Waals surface area (Å²) < 4.78 is 48.7. The molecule has 0 saturated carbocycles. The number of aryl methyl sites for hydroxylation is 1. The fraction of sp³-hybridized carbons (Fsp3) is 0.250. The summed E-state index contributed by atoms with van der Waals surface area (Å²) in [5, 5.41) is 19.9. The van der Waals surface area contributed by atoms with Crippen LogP contribution >= 0.6 is 0 Å². The molecule has 3 aromatic heterocycles. The first-order valence-electron chi connectivity index (χ1n) is 10.5. The minimum Gasteiger partial charge on any atom is -0.352 e. The highest BCUT2D eigenvalue weighted by atomic mass is 19.1. The van der Waals surface area contributed by atoms with Gasteiger partial charge in [-0.1, -0.05) is 0 Å². The van der Waals surface area contributed by atoms with Gasteiger partial charge in [-0.3, -0.25) is 9.97 Å². The van der Waals surface area contributed by atoms with E-state index in [1.165, 1.54) is 24.5 Å². The van der Waals surface area contributed by atoms with Gasteiger partial charge in [-0.15, -0.1) is 10.2 Å². The van der Waals surface area contributed by atoms with Crippen molar-refractivity contribution < 1.29 is 9.87 Å². The van der Waals surface area contributed by atoms with Gasteiger partial charge in [-0.2, -0.15) is 5.26 Å². The normalized spacial score (nSPS) is 18.7. The lowest BCUT2D eigenvalue weighted by atomic mass is 10.0. The van der Waals surface area contributed by atoms with Gasteiger partial charge in [0, 0.05) is 34.0 Å². The van der Waals surface area contributed by atoms with Crippen molar-refractivity contribution in [3.8, 4) is 6.07 Å². The van der Waals surface area contributed by atoms with Gasteiger partial charge in [0.05, 0.1) is 26.5 Å². The van der Waals surface area contributed by atoms with Crippen molar-refractivity contribution >= 4 is 17.2 Å². The Labute approximate surface area is 167 Å². The van der Waals surface area contributed by atoms with E-state index in [1.807, 2.05) is 6.07 Å². The maximum Gasteiger partial charge on any atom is 0.166 e. The van der Waals surface area contributed by atoms with Crippen molar-refractivity contribution in [3.63, 3.8) is 0 Å². The molecular formula is C20H18FN7. The average molecular weight is 379 g/mol. The number of nitriles is 1. The Hall–Kier alpha value is -3.60. The molecule has 140 valence electrons. The third kappa shape index (κ3) is 3.22. The number of anilines is 3. The first kappa shape index (κ1) is 13.6. The molecule has 4 rings (SSSR count). The molecule has 7 nitrogen and oxygen atoms in total. The number of fused-ring (bicyclic) bond motifs is 1. The van der Waals surface area contributed by atoms with Gasteiger partial charge < -0.3 is 10.2 Å². The highest BCUT2D eigenvalue weighted by Gasteiger charge is 2.22. The average Bonchev–Trinajstić information content (AvgIpc) is 2.73. The molecule has 0 spiro atoms. The minimum atomic E-state index is -2.36. The molecule has 8 heteroatoms. The topological polar surface area (TPSA) is 90.6 Å². The third-order valence-electron chi connectivity index (χ3n) is 4.47. The molecule has 0 amide bonds. The van der Waals surface area contributed by atoms with Crippen LogP contribution in [-0.4, -0.2) is 26.7 Å². The van der Waals surface area contributed by atoms with Gasteiger partial charge in [-0.05, 0) is 42.7 Å². The lowest BCUT2D eigenvalue weighted by Crippen LogP contribution is -2.32. The van der Waals surface area contributed by atoms with Crippen molar-refractivity contribution in [1.29, 1.82) is 5.26 Å². The van der Waals surface area contributed by atoms with Crippen molar-refractivity contribution in [2.45, 2.75) is 26.8 Å². The fourth-order valence-corrected chi connectivity index (χ4v) is 2.78. The Kier molecular flexibility index (Phi) is 3.48. The number of hydrogen-bond donors (Lipinski definition) is 1. The van der Waals surface area contributed by atoms with E-state index in [9.17, 15) is 9.65 Å². The molecular weight excluding hydrogens is 357 g/mol. The summed E-state index contributed by atoms with van der Waals surface area (Å²) in [4.78, 5) is 8.87.